The van der Waals surface area contributed by atoms with Crippen molar-refractivity contribution in [3.63, 3.8) is 0 Å². The molecular formula is C13H12BrClN2O3S. The van der Waals surface area contributed by atoms with Gasteiger partial charge in [-0.3, -0.25) is 4.72 Å². The SMILES string of the molecule is COc1ccc(Cl)cc1S(=O)(=O)Nc1cc(C)c(Br)cn1. The molecule has 2 rings (SSSR count). The molecule has 2 aromatic rings. The van der Waals surface area contributed by atoms with Crippen LogP contribution in [0, 0.1) is 6.92 Å². The van der Waals surface area contributed by atoms with E-state index in [-0.39, 0.29) is 16.5 Å². The van der Waals surface area contributed by atoms with Crippen molar-refractivity contribution in [1.29, 1.82) is 0 Å². The minimum Gasteiger partial charge on any atom is -0.495 e. The molecule has 0 bridgehead atoms. The maximum Gasteiger partial charge on any atom is 0.266 e. The van der Waals surface area contributed by atoms with Crippen LogP contribution in [0.2, 0.25) is 5.02 Å². The minimum atomic E-state index is -3.85. The molecule has 112 valence electrons. The highest BCUT2D eigenvalue weighted by Crippen LogP contribution is 2.28. The molecule has 0 spiro atoms. The molecule has 0 atom stereocenters. The van der Waals surface area contributed by atoms with Crippen LogP contribution < -0.4 is 9.46 Å². The second-order valence-electron chi connectivity index (χ2n) is 4.22. The summed E-state index contributed by atoms with van der Waals surface area (Å²) in [6.07, 6.45) is 1.53. The minimum absolute atomic E-state index is 0.0418. The first-order chi connectivity index (χ1) is 9.83. The van der Waals surface area contributed by atoms with Gasteiger partial charge >= 0.3 is 0 Å². The molecule has 0 aliphatic heterocycles. The van der Waals surface area contributed by atoms with Gasteiger partial charge in [-0.25, -0.2) is 13.4 Å². The molecule has 0 aliphatic rings. The summed E-state index contributed by atoms with van der Waals surface area (Å²) in [5, 5.41) is 0.302. The first-order valence-electron chi connectivity index (χ1n) is 5.82. The van der Waals surface area contributed by atoms with Crippen LogP contribution in [0.25, 0.3) is 0 Å². The lowest BCUT2D eigenvalue weighted by atomic mass is 10.3. The molecule has 0 radical (unpaired) electrons. The second kappa shape index (κ2) is 6.21. The molecule has 0 unspecified atom stereocenters. The number of halogens is 2. The lowest BCUT2D eigenvalue weighted by molar-refractivity contribution is 0.403. The van der Waals surface area contributed by atoms with Crippen molar-refractivity contribution in [3.05, 3.63) is 45.5 Å². The average molecular weight is 392 g/mol. The number of hydrogen-bond donors (Lipinski definition) is 1. The molecule has 0 amide bonds. The van der Waals surface area contributed by atoms with Gasteiger partial charge in [0.05, 0.1) is 7.11 Å². The fraction of sp³-hybridized carbons (Fsp3) is 0.154. The summed E-state index contributed by atoms with van der Waals surface area (Å²) in [6.45, 7) is 1.84. The van der Waals surface area contributed by atoms with Gasteiger partial charge in [0, 0.05) is 15.7 Å². The number of hydrogen-bond acceptors (Lipinski definition) is 4. The van der Waals surface area contributed by atoms with Crippen molar-refractivity contribution < 1.29 is 13.2 Å². The Morgan fingerprint density at radius 3 is 2.67 bits per heavy atom. The molecule has 21 heavy (non-hydrogen) atoms. The smallest absolute Gasteiger partial charge is 0.266 e. The van der Waals surface area contributed by atoms with E-state index >= 15 is 0 Å². The van der Waals surface area contributed by atoms with E-state index in [0.29, 0.717) is 5.02 Å². The molecule has 5 nitrogen and oxygen atoms in total. The molecule has 0 saturated carbocycles. The number of ether oxygens (including phenoxy) is 1. The first kappa shape index (κ1) is 16.1. The number of aryl methyl sites for hydroxylation is 1. The van der Waals surface area contributed by atoms with E-state index < -0.39 is 10.0 Å². The second-order valence-corrected chi connectivity index (χ2v) is 7.16. The Bertz CT molecular complexity index is 781. The predicted molar refractivity (Wildman–Crippen MR) is 85.5 cm³/mol. The van der Waals surface area contributed by atoms with E-state index in [9.17, 15) is 8.42 Å². The molecule has 8 heteroatoms. The molecule has 0 fully saturated rings. The molecule has 1 N–H and O–H groups in total. The number of nitrogens with one attached hydrogen (secondary N) is 1. The third-order valence-corrected chi connectivity index (χ3v) is 5.14. The molecule has 0 saturated heterocycles. The average Bonchev–Trinajstić information content (AvgIpc) is 2.42. The zero-order valence-corrected chi connectivity index (χ0v) is 14.4. The summed E-state index contributed by atoms with van der Waals surface area (Å²) in [6, 6.07) is 6.01. The summed E-state index contributed by atoms with van der Waals surface area (Å²) in [7, 11) is -2.45. The molecule has 0 aliphatic carbocycles. The monoisotopic (exact) mass is 390 g/mol. The van der Waals surface area contributed by atoms with Gasteiger partial charge < -0.3 is 4.74 Å². The van der Waals surface area contributed by atoms with Crippen LogP contribution >= 0.6 is 27.5 Å². The van der Waals surface area contributed by atoms with Crippen molar-refractivity contribution >= 4 is 43.4 Å². The molecule has 1 heterocycles. The van der Waals surface area contributed by atoms with Crippen molar-refractivity contribution in [3.8, 4) is 5.75 Å². The van der Waals surface area contributed by atoms with Crippen molar-refractivity contribution in [1.82, 2.24) is 4.98 Å². The fourth-order valence-corrected chi connectivity index (χ4v) is 3.30. The molecular weight excluding hydrogens is 380 g/mol. The lowest BCUT2D eigenvalue weighted by Crippen LogP contribution is -2.15. The predicted octanol–water partition coefficient (Wildman–Crippen LogP) is 3.62. The van der Waals surface area contributed by atoms with Gasteiger partial charge in [0.2, 0.25) is 0 Å². The standard InChI is InChI=1S/C13H12BrClN2O3S/c1-8-5-13(16-7-10(8)14)17-21(18,19)12-6-9(15)3-4-11(12)20-2/h3-7H,1-2H3,(H,16,17). The summed E-state index contributed by atoms with van der Waals surface area (Å²) in [5.41, 5.74) is 0.862. The van der Waals surface area contributed by atoms with Gasteiger partial charge in [-0.1, -0.05) is 11.6 Å². The van der Waals surface area contributed by atoms with Crippen molar-refractivity contribution in [2.75, 3.05) is 11.8 Å². The van der Waals surface area contributed by atoms with Crippen LogP contribution in [0.4, 0.5) is 5.82 Å². The van der Waals surface area contributed by atoms with Crippen LogP contribution in [0.1, 0.15) is 5.56 Å². The summed E-state index contributed by atoms with van der Waals surface area (Å²) < 4.78 is 33.1. The highest BCUT2D eigenvalue weighted by molar-refractivity contribution is 9.10. The fourth-order valence-electron chi connectivity index (χ4n) is 1.65. The third-order valence-electron chi connectivity index (χ3n) is 2.70. The quantitative estimate of drug-likeness (QED) is 0.864. The Morgan fingerprint density at radius 2 is 2.05 bits per heavy atom. The van der Waals surface area contributed by atoms with Gasteiger partial charge in [-0.2, -0.15) is 0 Å². The number of benzene rings is 1. The van der Waals surface area contributed by atoms with Crippen LogP contribution in [-0.4, -0.2) is 20.5 Å². The number of rotatable bonds is 4. The highest BCUT2D eigenvalue weighted by Gasteiger charge is 2.20. The molecule has 1 aromatic heterocycles. The van der Waals surface area contributed by atoms with Gasteiger partial charge in [-0.15, -0.1) is 0 Å². The largest absolute Gasteiger partial charge is 0.495 e. The number of pyridine rings is 1. The van der Waals surface area contributed by atoms with E-state index in [1.807, 2.05) is 6.92 Å². The zero-order chi connectivity index (χ0) is 15.6. The van der Waals surface area contributed by atoms with Gasteiger partial charge in [0.25, 0.3) is 10.0 Å². The summed E-state index contributed by atoms with van der Waals surface area (Å²) in [4.78, 5) is 3.97. The molecule has 1 aromatic carbocycles. The number of aromatic nitrogens is 1. The van der Waals surface area contributed by atoms with Crippen LogP contribution in [-0.2, 0) is 10.0 Å². The number of sulfonamides is 1. The maximum atomic E-state index is 12.4. The van der Waals surface area contributed by atoms with E-state index in [4.69, 9.17) is 16.3 Å². The maximum absolute atomic E-state index is 12.4. The van der Waals surface area contributed by atoms with Gasteiger partial charge in [-0.05, 0) is 52.7 Å². The number of nitrogens with zero attached hydrogens (tertiary/aromatic N) is 1. The Hall–Kier alpha value is -1.31. The Kier molecular flexibility index (Phi) is 4.75. The van der Waals surface area contributed by atoms with Crippen LogP contribution in [0.5, 0.6) is 5.75 Å². The van der Waals surface area contributed by atoms with Gasteiger partial charge in [0.15, 0.2) is 0 Å². The van der Waals surface area contributed by atoms with Crippen LogP contribution in [0.15, 0.2) is 39.8 Å². The van der Waals surface area contributed by atoms with E-state index in [0.717, 1.165) is 10.0 Å². The van der Waals surface area contributed by atoms with Crippen LogP contribution in [0.3, 0.4) is 0 Å². The normalized spacial score (nSPS) is 11.2. The zero-order valence-electron chi connectivity index (χ0n) is 11.2. The topological polar surface area (TPSA) is 68.3 Å². The Balaban J connectivity index is 2.42. The van der Waals surface area contributed by atoms with E-state index in [1.54, 1.807) is 12.1 Å². The lowest BCUT2D eigenvalue weighted by Gasteiger charge is -2.12. The highest BCUT2D eigenvalue weighted by atomic mass is 79.9. The Labute approximate surface area is 136 Å². The van der Waals surface area contributed by atoms with E-state index in [1.165, 1.54) is 25.4 Å². The van der Waals surface area contributed by atoms with Crippen molar-refractivity contribution in [2.45, 2.75) is 11.8 Å². The van der Waals surface area contributed by atoms with E-state index in [2.05, 4.69) is 25.6 Å². The van der Waals surface area contributed by atoms with Crippen molar-refractivity contribution in [2.24, 2.45) is 0 Å². The summed E-state index contributed by atoms with van der Waals surface area (Å²) >= 11 is 9.17. The number of anilines is 1. The number of methoxy groups -OCH3 is 1. The third kappa shape index (κ3) is 3.66. The first-order valence-corrected chi connectivity index (χ1v) is 8.47. The Morgan fingerprint density at radius 1 is 1.33 bits per heavy atom. The van der Waals surface area contributed by atoms with Gasteiger partial charge in [0.1, 0.15) is 16.5 Å². The summed E-state index contributed by atoms with van der Waals surface area (Å²) in [5.74, 6) is 0.429.